The summed E-state index contributed by atoms with van der Waals surface area (Å²) in [6.07, 6.45) is 11.5. The van der Waals surface area contributed by atoms with E-state index >= 15 is 0 Å². The summed E-state index contributed by atoms with van der Waals surface area (Å²) < 4.78 is 11.6. The highest BCUT2D eigenvalue weighted by atomic mass is 35.5. The number of anilines is 4. The highest BCUT2D eigenvalue weighted by Gasteiger charge is 2.15. The summed E-state index contributed by atoms with van der Waals surface area (Å²) in [6, 6.07) is 33.0. The Balaban J connectivity index is 0.000000172. The summed E-state index contributed by atoms with van der Waals surface area (Å²) in [5.41, 5.74) is 8.69. The van der Waals surface area contributed by atoms with Crippen molar-refractivity contribution in [1.29, 1.82) is 0 Å². The number of benzene rings is 4. The molecule has 0 unspecified atom stereocenters. The van der Waals surface area contributed by atoms with Crippen LogP contribution in [-0.4, -0.2) is 40.3 Å². The Morgan fingerprint density at radius 2 is 1.05 bits per heavy atom. The molecule has 0 bridgehead atoms. The number of aromatic amines is 2. The van der Waals surface area contributed by atoms with E-state index < -0.39 is 0 Å². The molecule has 4 N–H and O–H groups in total. The van der Waals surface area contributed by atoms with Gasteiger partial charge in [0.2, 0.25) is 11.9 Å². The van der Waals surface area contributed by atoms with E-state index in [2.05, 4.69) is 69.2 Å². The highest BCUT2D eigenvalue weighted by molar-refractivity contribution is 6.32. The van der Waals surface area contributed by atoms with Gasteiger partial charge in [-0.15, -0.1) is 10.2 Å². The zero-order valence-electron chi connectivity index (χ0n) is 33.3. The summed E-state index contributed by atoms with van der Waals surface area (Å²) >= 11 is 6.22. The normalized spacial score (nSPS) is 11.5. The van der Waals surface area contributed by atoms with Crippen LogP contribution >= 0.6 is 11.6 Å². The Morgan fingerprint density at radius 3 is 1.58 bits per heavy atom. The maximum atomic E-state index is 6.22. The van der Waals surface area contributed by atoms with Crippen molar-refractivity contribution in [3.63, 3.8) is 0 Å². The zero-order chi connectivity index (χ0) is 41.0. The number of aromatic nitrogens is 8. The van der Waals surface area contributed by atoms with E-state index in [-0.39, 0.29) is 0 Å². The summed E-state index contributed by atoms with van der Waals surface area (Å²) in [7, 11) is 0. The molecular formula is C46H45ClN10O2. The lowest BCUT2D eigenvalue weighted by atomic mass is 9.90. The molecule has 0 radical (unpaired) electrons. The van der Waals surface area contributed by atoms with Crippen molar-refractivity contribution in [1.82, 2.24) is 40.3 Å². The average molecular weight is 805 g/mol. The predicted molar refractivity (Wildman–Crippen MR) is 234 cm³/mol. The molecule has 12 nitrogen and oxygen atoms in total. The monoisotopic (exact) mass is 804 g/mol. The summed E-state index contributed by atoms with van der Waals surface area (Å²) in [5.74, 6) is 5.44. The van der Waals surface area contributed by atoms with E-state index in [1.54, 1.807) is 24.8 Å². The van der Waals surface area contributed by atoms with Crippen molar-refractivity contribution in [2.24, 2.45) is 0 Å². The van der Waals surface area contributed by atoms with Gasteiger partial charge < -0.3 is 20.1 Å². The van der Waals surface area contributed by atoms with Crippen molar-refractivity contribution in [3.05, 3.63) is 155 Å². The maximum absolute atomic E-state index is 6.22. The number of halogens is 1. The minimum absolute atomic E-state index is 0.494. The molecule has 0 saturated heterocycles. The topological polar surface area (TPSA) is 151 Å². The van der Waals surface area contributed by atoms with Crippen molar-refractivity contribution in [2.75, 3.05) is 10.6 Å². The van der Waals surface area contributed by atoms with Gasteiger partial charge in [0.05, 0.1) is 0 Å². The van der Waals surface area contributed by atoms with E-state index in [1.807, 2.05) is 113 Å². The fourth-order valence-electron chi connectivity index (χ4n) is 6.51. The van der Waals surface area contributed by atoms with E-state index in [0.29, 0.717) is 23.5 Å². The van der Waals surface area contributed by atoms with Crippen LogP contribution in [0.15, 0.2) is 128 Å². The van der Waals surface area contributed by atoms with Gasteiger partial charge in [0.25, 0.3) is 0 Å². The number of pyridine rings is 2. The van der Waals surface area contributed by atoms with Gasteiger partial charge in [0.15, 0.2) is 11.6 Å². The number of aryl methyl sites for hydroxylation is 3. The fraction of sp³-hybridized carbons (Fsp3) is 0.174. The number of rotatable bonds is 10. The van der Waals surface area contributed by atoms with Gasteiger partial charge in [-0.3, -0.25) is 20.2 Å². The first-order valence-electron chi connectivity index (χ1n) is 19.6. The van der Waals surface area contributed by atoms with Gasteiger partial charge in [0.1, 0.15) is 23.0 Å². The minimum Gasteiger partial charge on any atom is -0.457 e. The Labute approximate surface area is 348 Å². The first-order chi connectivity index (χ1) is 28.9. The molecule has 4 heterocycles. The van der Waals surface area contributed by atoms with Gasteiger partial charge in [0, 0.05) is 52.3 Å². The molecule has 8 aromatic rings. The van der Waals surface area contributed by atoms with Gasteiger partial charge in [-0.25, -0.2) is 0 Å². The zero-order valence-corrected chi connectivity index (χ0v) is 34.1. The van der Waals surface area contributed by atoms with Crippen LogP contribution in [-0.2, 0) is 12.8 Å². The quantitative estimate of drug-likeness (QED) is 0.105. The Bertz CT molecular complexity index is 2540. The van der Waals surface area contributed by atoms with Crippen molar-refractivity contribution in [3.8, 4) is 45.8 Å². The third kappa shape index (κ3) is 10.5. The number of ether oxygens (including phenoxy) is 2. The second kappa shape index (κ2) is 19.4. The van der Waals surface area contributed by atoms with E-state index in [1.165, 1.54) is 24.0 Å². The van der Waals surface area contributed by atoms with Gasteiger partial charge in [-0.2, -0.15) is 9.97 Å². The van der Waals surface area contributed by atoms with Gasteiger partial charge >= 0.3 is 0 Å². The number of nitrogens with zero attached hydrogens (tertiary/aromatic N) is 6. The maximum Gasteiger partial charge on any atom is 0.246 e. The largest absolute Gasteiger partial charge is 0.457 e. The Kier molecular flexibility index (Phi) is 13.2. The van der Waals surface area contributed by atoms with Crippen LogP contribution in [0, 0.1) is 13.8 Å². The van der Waals surface area contributed by atoms with Crippen LogP contribution < -0.4 is 20.1 Å². The smallest absolute Gasteiger partial charge is 0.246 e. The van der Waals surface area contributed by atoms with E-state index in [0.717, 1.165) is 74.5 Å². The fourth-order valence-corrected chi connectivity index (χ4v) is 6.62. The lowest BCUT2D eigenvalue weighted by molar-refractivity contribution is 0.481. The molecule has 0 atom stereocenters. The summed E-state index contributed by atoms with van der Waals surface area (Å²) in [4.78, 5) is 17.1. The second-order valence-corrected chi connectivity index (χ2v) is 13.8. The number of hydrogen-bond donors (Lipinski definition) is 4. The van der Waals surface area contributed by atoms with Crippen LogP contribution in [0.3, 0.4) is 0 Å². The van der Waals surface area contributed by atoms with E-state index in [9.17, 15) is 0 Å². The molecule has 4 aromatic heterocycles. The molecule has 4 aromatic carbocycles. The number of hydrogen-bond acceptors (Lipinski definition) is 10. The van der Waals surface area contributed by atoms with Crippen molar-refractivity contribution < 1.29 is 9.47 Å². The molecule has 13 heteroatoms. The van der Waals surface area contributed by atoms with Crippen molar-refractivity contribution in [2.45, 2.75) is 53.4 Å². The molecule has 0 saturated carbocycles. The predicted octanol–water partition coefficient (Wildman–Crippen LogP) is 12.0. The third-order valence-electron chi connectivity index (χ3n) is 9.33. The second-order valence-electron chi connectivity index (χ2n) is 13.5. The lowest BCUT2D eigenvalue weighted by Crippen LogP contribution is -2.06. The molecule has 298 valence electrons. The summed E-state index contributed by atoms with van der Waals surface area (Å²) in [5, 5.41) is 21.9. The molecule has 1 aliphatic carbocycles. The average Bonchev–Trinajstić information content (AvgIpc) is 3.95. The first-order valence-corrected chi connectivity index (χ1v) is 19.9. The molecule has 0 amide bonds. The van der Waals surface area contributed by atoms with Gasteiger partial charge in [-0.1, -0.05) is 37.6 Å². The van der Waals surface area contributed by atoms with Crippen molar-refractivity contribution >= 4 is 34.9 Å². The first kappa shape index (κ1) is 40.2. The van der Waals surface area contributed by atoms with Crippen LogP contribution in [0.4, 0.5) is 23.3 Å². The Morgan fingerprint density at radius 1 is 0.576 bits per heavy atom. The number of H-pyrrole nitrogens is 2. The summed E-state index contributed by atoms with van der Waals surface area (Å²) in [6.45, 7) is 7.94. The van der Waals surface area contributed by atoms with E-state index in [4.69, 9.17) is 21.1 Å². The molecule has 0 spiro atoms. The third-order valence-corrected chi connectivity index (χ3v) is 9.93. The number of nitrogens with one attached hydrogen (secondary N) is 4. The van der Waals surface area contributed by atoms with Crippen LogP contribution in [0.25, 0.3) is 22.8 Å². The molecule has 59 heavy (non-hydrogen) atoms. The molecule has 9 rings (SSSR count). The molecular weight excluding hydrogens is 760 g/mol. The van der Waals surface area contributed by atoms with Crippen LogP contribution in [0.5, 0.6) is 23.0 Å². The van der Waals surface area contributed by atoms with Crippen LogP contribution in [0.1, 0.15) is 48.9 Å². The SMILES string of the molecule is CC.Cc1cc(Nc2n[nH]c(-c3ccc(Oc4ccncc4)cc3)n2)cc(C)c1Cl.c1cc2c(c(Nc3n[nH]c(-c4ccc(Oc5ccncc5)cc4)n3)c1)CCCC2. The number of fused-ring (bicyclic) bond motifs is 1. The molecule has 1 aliphatic rings. The highest BCUT2D eigenvalue weighted by Crippen LogP contribution is 2.31. The standard InChI is InChI=1S/C23H21N5O.C21H18ClN5O.C2H6/c1-2-6-20-16(4-1)5-3-7-21(20)25-23-26-22(27-28-23)17-8-10-18(11-9-17)29-19-12-14-24-15-13-19;1-13-11-16(12-14(2)19(13)22)24-21-25-20(26-27-21)15-3-5-17(6-4-15)28-18-7-9-23-10-8-18;1-2/h3,5,7-15H,1-2,4,6H2,(H2,25,26,27,28);3-12H,1-2H3,(H2,24,25,26,27);1-2H3. The lowest BCUT2D eigenvalue weighted by Gasteiger charge is -2.19. The minimum atomic E-state index is 0.494. The van der Waals surface area contributed by atoms with Crippen LogP contribution in [0.2, 0.25) is 5.02 Å². The van der Waals surface area contributed by atoms with Gasteiger partial charge in [-0.05, 0) is 153 Å². The Hall–Kier alpha value is -7.05. The molecule has 0 aliphatic heterocycles. The molecule has 0 fully saturated rings.